The normalized spacial score (nSPS) is 11.1. The second kappa shape index (κ2) is 5.98. The molecule has 2 nitrogen and oxygen atoms in total. The van der Waals surface area contributed by atoms with Crippen LogP contribution >= 0.6 is 0 Å². The molecule has 64 valence electrons. The lowest BCUT2D eigenvalue weighted by Gasteiger charge is -2.00. The van der Waals surface area contributed by atoms with Crippen LogP contribution in [0.1, 0.15) is 27.2 Å². The van der Waals surface area contributed by atoms with Crippen LogP contribution in [-0.4, -0.2) is 7.11 Å². The van der Waals surface area contributed by atoms with E-state index in [9.17, 15) is 0 Å². The molecular weight excluding hydrogens is 138 g/mol. The summed E-state index contributed by atoms with van der Waals surface area (Å²) in [4.78, 5) is 4.72. The molecule has 0 aliphatic carbocycles. The van der Waals surface area contributed by atoms with Crippen LogP contribution in [-0.2, 0) is 4.84 Å². The predicted octanol–water partition coefficient (Wildman–Crippen LogP) is 2.40. The fourth-order valence-corrected chi connectivity index (χ4v) is 0.674. The van der Waals surface area contributed by atoms with Crippen molar-refractivity contribution in [2.45, 2.75) is 27.2 Å². The quantitative estimate of drug-likeness (QED) is 0.497. The van der Waals surface area contributed by atoms with E-state index in [1.165, 1.54) is 5.57 Å². The Labute approximate surface area is 68.9 Å². The maximum atomic E-state index is 4.72. The van der Waals surface area contributed by atoms with Crippen LogP contribution in [0.15, 0.2) is 23.4 Å². The minimum absolute atomic E-state index is 0.963. The molecule has 11 heavy (non-hydrogen) atoms. The zero-order valence-electron chi connectivity index (χ0n) is 7.77. The van der Waals surface area contributed by atoms with E-state index in [4.69, 9.17) is 4.84 Å². The lowest BCUT2D eigenvalue weighted by molar-refractivity contribution is 0.118. The number of hydrogen-bond donors (Lipinski definition) is 1. The fourth-order valence-electron chi connectivity index (χ4n) is 0.674. The standard InChI is InChI=1S/C9H17NO/c1-8(2)6-5-7-9(3)10-11-4/h6-7,10H,5H2,1-4H3. The topological polar surface area (TPSA) is 21.3 Å². The molecule has 0 fully saturated rings. The molecular formula is C9H17NO. The first kappa shape index (κ1) is 10.2. The van der Waals surface area contributed by atoms with Gasteiger partial charge in [0.15, 0.2) is 0 Å². The Bertz CT molecular complexity index is 155. The SMILES string of the molecule is CONC(C)=CCC=C(C)C. The summed E-state index contributed by atoms with van der Waals surface area (Å²) in [5.41, 5.74) is 5.14. The van der Waals surface area contributed by atoms with Crippen LogP contribution in [0.5, 0.6) is 0 Å². The number of allylic oxidation sites excluding steroid dienone is 4. The second-order valence-electron chi connectivity index (χ2n) is 2.71. The minimum Gasteiger partial charge on any atom is -0.280 e. The van der Waals surface area contributed by atoms with Gasteiger partial charge in [0.05, 0.1) is 7.11 Å². The Hall–Kier alpha value is -0.760. The van der Waals surface area contributed by atoms with E-state index in [0.717, 1.165) is 12.1 Å². The lowest BCUT2D eigenvalue weighted by atomic mass is 10.2. The van der Waals surface area contributed by atoms with Gasteiger partial charge in [0.1, 0.15) is 0 Å². The summed E-state index contributed by atoms with van der Waals surface area (Å²) in [5.74, 6) is 0. The number of nitrogens with one attached hydrogen (secondary N) is 1. The summed E-state index contributed by atoms with van der Waals surface area (Å²) < 4.78 is 0. The van der Waals surface area contributed by atoms with Gasteiger partial charge >= 0.3 is 0 Å². The van der Waals surface area contributed by atoms with Crippen LogP contribution in [0.4, 0.5) is 0 Å². The Morgan fingerprint density at radius 3 is 2.36 bits per heavy atom. The molecule has 2 heteroatoms. The van der Waals surface area contributed by atoms with Gasteiger partial charge < -0.3 is 0 Å². The average molecular weight is 155 g/mol. The minimum atomic E-state index is 0.963. The Morgan fingerprint density at radius 2 is 1.91 bits per heavy atom. The molecule has 0 saturated carbocycles. The monoisotopic (exact) mass is 155 g/mol. The zero-order valence-corrected chi connectivity index (χ0v) is 7.77. The van der Waals surface area contributed by atoms with Gasteiger partial charge in [-0.05, 0) is 27.2 Å². The summed E-state index contributed by atoms with van der Waals surface area (Å²) >= 11 is 0. The molecule has 0 heterocycles. The maximum absolute atomic E-state index is 4.72. The Morgan fingerprint density at radius 1 is 1.27 bits per heavy atom. The number of hydrogen-bond acceptors (Lipinski definition) is 2. The van der Waals surface area contributed by atoms with E-state index < -0.39 is 0 Å². The molecule has 0 unspecified atom stereocenters. The van der Waals surface area contributed by atoms with E-state index >= 15 is 0 Å². The van der Waals surface area contributed by atoms with Crippen molar-refractivity contribution in [3.05, 3.63) is 23.4 Å². The van der Waals surface area contributed by atoms with Crippen molar-refractivity contribution in [3.63, 3.8) is 0 Å². The Kier molecular flexibility index (Phi) is 5.57. The smallest absolute Gasteiger partial charge is 0.0636 e. The van der Waals surface area contributed by atoms with Crippen molar-refractivity contribution >= 4 is 0 Å². The fraction of sp³-hybridized carbons (Fsp3) is 0.556. The van der Waals surface area contributed by atoms with E-state index in [0.29, 0.717) is 0 Å². The molecule has 0 radical (unpaired) electrons. The average Bonchev–Trinajstić information content (AvgIpc) is 1.87. The van der Waals surface area contributed by atoms with Crippen molar-refractivity contribution < 1.29 is 4.84 Å². The van der Waals surface area contributed by atoms with Gasteiger partial charge in [-0.15, -0.1) is 0 Å². The lowest BCUT2D eigenvalue weighted by Crippen LogP contribution is -2.07. The molecule has 0 aromatic heterocycles. The summed E-state index contributed by atoms with van der Waals surface area (Å²) in [6.45, 7) is 6.15. The van der Waals surface area contributed by atoms with Gasteiger partial charge in [0.25, 0.3) is 0 Å². The van der Waals surface area contributed by atoms with Gasteiger partial charge in [-0.1, -0.05) is 17.7 Å². The van der Waals surface area contributed by atoms with Crippen molar-refractivity contribution in [1.29, 1.82) is 0 Å². The highest BCUT2D eigenvalue weighted by molar-refractivity contribution is 5.02. The zero-order chi connectivity index (χ0) is 8.69. The first-order valence-electron chi connectivity index (χ1n) is 3.76. The Balaban J connectivity index is 3.64. The van der Waals surface area contributed by atoms with Gasteiger partial charge in [0.2, 0.25) is 0 Å². The largest absolute Gasteiger partial charge is 0.280 e. The highest BCUT2D eigenvalue weighted by Gasteiger charge is 1.82. The molecule has 0 aromatic carbocycles. The summed E-state index contributed by atoms with van der Waals surface area (Å²) in [5, 5.41) is 0. The number of hydroxylamine groups is 1. The summed E-state index contributed by atoms with van der Waals surface area (Å²) in [6, 6.07) is 0. The summed E-state index contributed by atoms with van der Waals surface area (Å²) in [7, 11) is 1.61. The third-order valence-electron chi connectivity index (χ3n) is 1.21. The molecule has 0 atom stereocenters. The molecule has 0 aliphatic heterocycles. The third-order valence-corrected chi connectivity index (χ3v) is 1.21. The van der Waals surface area contributed by atoms with E-state index in [1.54, 1.807) is 7.11 Å². The molecule has 0 saturated heterocycles. The maximum Gasteiger partial charge on any atom is 0.0636 e. The van der Waals surface area contributed by atoms with Crippen molar-refractivity contribution in [1.82, 2.24) is 5.48 Å². The molecule has 0 spiro atoms. The molecule has 0 aliphatic rings. The van der Waals surface area contributed by atoms with Crippen LogP contribution in [0, 0.1) is 0 Å². The molecule has 0 rings (SSSR count). The first-order chi connectivity index (χ1) is 5.16. The van der Waals surface area contributed by atoms with Gasteiger partial charge in [-0.2, -0.15) is 0 Å². The van der Waals surface area contributed by atoms with Crippen LogP contribution in [0.25, 0.3) is 0 Å². The highest BCUT2D eigenvalue weighted by atomic mass is 16.6. The van der Waals surface area contributed by atoms with Gasteiger partial charge in [-0.3, -0.25) is 10.3 Å². The van der Waals surface area contributed by atoms with Crippen molar-refractivity contribution in [2.24, 2.45) is 0 Å². The highest BCUT2D eigenvalue weighted by Crippen LogP contribution is 1.96. The molecule has 1 N–H and O–H groups in total. The van der Waals surface area contributed by atoms with Crippen LogP contribution < -0.4 is 5.48 Å². The number of rotatable bonds is 4. The first-order valence-corrected chi connectivity index (χ1v) is 3.76. The van der Waals surface area contributed by atoms with E-state index in [-0.39, 0.29) is 0 Å². The van der Waals surface area contributed by atoms with E-state index in [2.05, 4.69) is 31.5 Å². The summed E-state index contributed by atoms with van der Waals surface area (Å²) in [6.07, 6.45) is 5.21. The van der Waals surface area contributed by atoms with Crippen LogP contribution in [0.2, 0.25) is 0 Å². The third kappa shape index (κ3) is 7.13. The molecule has 0 aromatic rings. The predicted molar refractivity (Wildman–Crippen MR) is 47.9 cm³/mol. The van der Waals surface area contributed by atoms with Crippen LogP contribution in [0.3, 0.4) is 0 Å². The molecule has 0 bridgehead atoms. The molecule has 0 amide bonds. The van der Waals surface area contributed by atoms with E-state index in [1.807, 2.05) is 6.92 Å². The van der Waals surface area contributed by atoms with Gasteiger partial charge in [0, 0.05) is 5.70 Å². The van der Waals surface area contributed by atoms with Gasteiger partial charge in [-0.25, -0.2) is 0 Å². The van der Waals surface area contributed by atoms with Crippen molar-refractivity contribution in [2.75, 3.05) is 7.11 Å². The second-order valence-corrected chi connectivity index (χ2v) is 2.71. The van der Waals surface area contributed by atoms with Crippen molar-refractivity contribution in [3.8, 4) is 0 Å².